The number of fused-ring (bicyclic) bond motifs is 1. The van der Waals surface area contributed by atoms with Gasteiger partial charge in [-0.25, -0.2) is 9.37 Å². The van der Waals surface area contributed by atoms with Gasteiger partial charge in [-0.05, 0) is 42.5 Å². The van der Waals surface area contributed by atoms with Crippen LogP contribution >= 0.6 is 24.0 Å². The lowest BCUT2D eigenvalue weighted by Gasteiger charge is -2.37. The Bertz CT molecular complexity index is 1630. The molecule has 3 aromatic heterocycles. The summed E-state index contributed by atoms with van der Waals surface area (Å²) in [4.78, 5) is 37.5. The molecule has 8 nitrogen and oxygen atoms in total. The van der Waals surface area contributed by atoms with Gasteiger partial charge < -0.3 is 14.2 Å². The van der Waals surface area contributed by atoms with E-state index in [1.165, 1.54) is 15.4 Å². The molecule has 0 unspecified atom stereocenters. The highest BCUT2D eigenvalue weighted by Crippen LogP contribution is 2.35. The number of pyridine rings is 1. The Morgan fingerprint density at radius 3 is 2.53 bits per heavy atom. The molecule has 5 heterocycles. The average molecular weight is 548 g/mol. The van der Waals surface area contributed by atoms with Crippen LogP contribution in [0.4, 0.5) is 15.9 Å². The molecular formula is C27H22FN5O3S2. The van der Waals surface area contributed by atoms with Crippen LogP contribution in [-0.2, 0) is 11.3 Å². The first kappa shape index (κ1) is 24.4. The number of nitrogens with zero attached hydrogens (tertiary/aromatic N) is 5. The summed E-state index contributed by atoms with van der Waals surface area (Å²) in [6, 6.07) is 15.6. The van der Waals surface area contributed by atoms with Crippen LogP contribution < -0.4 is 15.4 Å². The van der Waals surface area contributed by atoms with E-state index in [1.807, 2.05) is 21.9 Å². The quantitative estimate of drug-likeness (QED) is 0.273. The highest BCUT2D eigenvalue weighted by molar-refractivity contribution is 8.26. The Balaban J connectivity index is 1.35. The molecule has 2 aliphatic rings. The number of halogens is 1. The van der Waals surface area contributed by atoms with Crippen molar-refractivity contribution < 1.29 is 13.6 Å². The van der Waals surface area contributed by atoms with Crippen molar-refractivity contribution in [2.45, 2.75) is 6.54 Å². The predicted molar refractivity (Wildman–Crippen MR) is 150 cm³/mol. The van der Waals surface area contributed by atoms with Crippen molar-refractivity contribution in [3.63, 3.8) is 0 Å². The van der Waals surface area contributed by atoms with E-state index in [2.05, 4.69) is 0 Å². The van der Waals surface area contributed by atoms with E-state index in [1.54, 1.807) is 54.9 Å². The van der Waals surface area contributed by atoms with E-state index in [9.17, 15) is 14.0 Å². The number of furan rings is 1. The fraction of sp³-hybridized carbons (Fsp3) is 0.185. The van der Waals surface area contributed by atoms with E-state index >= 15 is 0 Å². The number of piperazine rings is 1. The van der Waals surface area contributed by atoms with E-state index < -0.39 is 0 Å². The van der Waals surface area contributed by atoms with Crippen molar-refractivity contribution in [2.24, 2.45) is 0 Å². The number of carbonyl (C=O) groups excluding carboxylic acids is 1. The Labute approximate surface area is 227 Å². The maximum atomic E-state index is 14.4. The first-order valence-corrected chi connectivity index (χ1v) is 13.3. The zero-order chi connectivity index (χ0) is 26.2. The molecule has 0 spiro atoms. The number of aromatic nitrogens is 2. The monoisotopic (exact) mass is 547 g/mol. The summed E-state index contributed by atoms with van der Waals surface area (Å²) in [5.74, 6) is 0.554. The fourth-order valence-electron chi connectivity index (χ4n) is 4.65. The summed E-state index contributed by atoms with van der Waals surface area (Å²) < 4.78 is 21.6. The Morgan fingerprint density at radius 1 is 1.00 bits per heavy atom. The van der Waals surface area contributed by atoms with Gasteiger partial charge in [0.05, 0.1) is 29.0 Å². The second-order valence-electron chi connectivity index (χ2n) is 8.86. The van der Waals surface area contributed by atoms with Crippen LogP contribution in [0.25, 0.3) is 11.7 Å². The number of amides is 1. The summed E-state index contributed by atoms with van der Waals surface area (Å²) in [5.41, 5.74) is 1.09. The lowest BCUT2D eigenvalue weighted by molar-refractivity contribution is -0.122. The van der Waals surface area contributed by atoms with Crippen molar-refractivity contribution in [1.29, 1.82) is 0 Å². The van der Waals surface area contributed by atoms with Gasteiger partial charge in [0.15, 0.2) is 0 Å². The summed E-state index contributed by atoms with van der Waals surface area (Å²) in [5, 5.41) is 0. The number of benzene rings is 1. The van der Waals surface area contributed by atoms with Gasteiger partial charge >= 0.3 is 0 Å². The van der Waals surface area contributed by atoms with Crippen LogP contribution in [0.15, 0.2) is 81.2 Å². The first-order chi connectivity index (χ1) is 18.5. The molecule has 192 valence electrons. The zero-order valence-corrected chi connectivity index (χ0v) is 21.8. The second-order valence-corrected chi connectivity index (χ2v) is 10.5. The largest absolute Gasteiger partial charge is 0.467 e. The fourth-order valence-corrected chi connectivity index (χ4v) is 5.89. The highest BCUT2D eigenvalue weighted by atomic mass is 32.2. The van der Waals surface area contributed by atoms with Crippen molar-refractivity contribution in [3.05, 3.63) is 99.5 Å². The third-order valence-electron chi connectivity index (χ3n) is 6.56. The Kier molecular flexibility index (Phi) is 6.46. The third kappa shape index (κ3) is 4.48. The first-order valence-electron chi connectivity index (χ1n) is 12.0. The maximum Gasteiger partial charge on any atom is 0.267 e. The number of hydrogen-bond donors (Lipinski definition) is 0. The molecule has 2 saturated heterocycles. The molecule has 6 rings (SSSR count). The van der Waals surface area contributed by atoms with Crippen LogP contribution in [0.1, 0.15) is 11.3 Å². The van der Waals surface area contributed by atoms with E-state index in [0.717, 1.165) is 11.8 Å². The van der Waals surface area contributed by atoms with Crippen molar-refractivity contribution in [3.8, 4) is 0 Å². The number of hydrogen-bond acceptors (Lipinski definition) is 8. The lowest BCUT2D eigenvalue weighted by Crippen LogP contribution is -2.47. The van der Waals surface area contributed by atoms with E-state index in [4.69, 9.17) is 21.6 Å². The van der Waals surface area contributed by atoms with Gasteiger partial charge in [-0.2, -0.15) is 0 Å². The lowest BCUT2D eigenvalue weighted by atomic mass is 10.2. The molecule has 0 atom stereocenters. The SMILES string of the molecule is O=C1/C(=C\c2c(N3CCN(c4ccccc4F)CC3)nc3ccccn3c2=O)SC(=S)N1Cc1ccco1. The van der Waals surface area contributed by atoms with Crippen molar-refractivity contribution in [2.75, 3.05) is 36.0 Å². The minimum Gasteiger partial charge on any atom is -0.467 e. The third-order valence-corrected chi connectivity index (χ3v) is 7.94. The van der Waals surface area contributed by atoms with Gasteiger partial charge in [0, 0.05) is 32.4 Å². The average Bonchev–Trinajstić information content (AvgIpc) is 3.54. The van der Waals surface area contributed by atoms with Gasteiger partial charge in [0.1, 0.15) is 27.4 Å². The van der Waals surface area contributed by atoms with E-state index in [-0.39, 0.29) is 23.8 Å². The summed E-state index contributed by atoms with van der Waals surface area (Å²) in [6.07, 6.45) is 4.79. The number of carbonyl (C=O) groups is 1. The number of anilines is 2. The molecule has 2 fully saturated rings. The van der Waals surface area contributed by atoms with Gasteiger partial charge in [-0.15, -0.1) is 0 Å². The van der Waals surface area contributed by atoms with Gasteiger partial charge in [-0.1, -0.05) is 42.2 Å². The minimum absolute atomic E-state index is 0.217. The normalized spacial score (nSPS) is 17.3. The van der Waals surface area contributed by atoms with Crippen LogP contribution in [0.3, 0.4) is 0 Å². The molecule has 2 aliphatic heterocycles. The molecule has 1 aromatic carbocycles. The highest BCUT2D eigenvalue weighted by Gasteiger charge is 2.34. The van der Waals surface area contributed by atoms with Crippen molar-refractivity contribution in [1.82, 2.24) is 14.3 Å². The molecule has 11 heteroatoms. The van der Waals surface area contributed by atoms with Gasteiger partial charge in [-0.3, -0.25) is 18.9 Å². The smallest absolute Gasteiger partial charge is 0.267 e. The standard InChI is InChI=1S/C27H22FN5O3S2/c28-20-7-1-2-8-21(20)30-11-13-31(14-12-30)24-19(25(34)32-10-4-3-9-23(32)29-24)16-22-26(35)33(27(37)38-22)17-18-6-5-15-36-18/h1-10,15-16H,11-14,17H2/b22-16+. The molecule has 0 saturated carbocycles. The number of thioether (sulfide) groups is 1. The molecule has 0 aliphatic carbocycles. The number of rotatable bonds is 5. The second kappa shape index (κ2) is 10.1. The topological polar surface area (TPSA) is 74.3 Å². The molecule has 1 amide bonds. The van der Waals surface area contributed by atoms with E-state index in [0.29, 0.717) is 63.9 Å². The van der Waals surface area contributed by atoms with Crippen LogP contribution in [0.5, 0.6) is 0 Å². The summed E-state index contributed by atoms with van der Waals surface area (Å²) in [6.45, 7) is 2.39. The predicted octanol–water partition coefficient (Wildman–Crippen LogP) is 4.15. The van der Waals surface area contributed by atoms with Crippen LogP contribution in [0, 0.1) is 5.82 Å². The Morgan fingerprint density at radius 2 is 1.76 bits per heavy atom. The molecule has 0 radical (unpaired) electrons. The molecule has 4 aromatic rings. The minimum atomic E-state index is -0.288. The molecule has 0 N–H and O–H groups in total. The van der Waals surface area contributed by atoms with Crippen LogP contribution in [-0.4, -0.2) is 50.7 Å². The maximum absolute atomic E-state index is 14.4. The van der Waals surface area contributed by atoms with Gasteiger partial charge in [0.2, 0.25) is 0 Å². The zero-order valence-electron chi connectivity index (χ0n) is 20.1. The van der Waals surface area contributed by atoms with Crippen molar-refractivity contribution >= 4 is 57.4 Å². The molecule has 38 heavy (non-hydrogen) atoms. The molecular weight excluding hydrogens is 525 g/mol. The summed E-state index contributed by atoms with van der Waals surface area (Å²) in [7, 11) is 0. The summed E-state index contributed by atoms with van der Waals surface area (Å²) >= 11 is 6.61. The van der Waals surface area contributed by atoms with Crippen LogP contribution in [0.2, 0.25) is 0 Å². The van der Waals surface area contributed by atoms with Gasteiger partial charge in [0.25, 0.3) is 11.5 Å². The number of para-hydroxylation sites is 1. The number of thiocarbonyl (C=S) groups is 1. The molecule has 0 bridgehead atoms. The Hall–Kier alpha value is -3.96.